The second kappa shape index (κ2) is 6.54. The van der Waals surface area contributed by atoms with Crippen molar-refractivity contribution in [3.8, 4) is 5.75 Å². The number of aliphatic hydroxyl groups is 1. The van der Waals surface area contributed by atoms with Crippen LogP contribution in [0.3, 0.4) is 0 Å². The standard InChI is InChI=1S/C15H19ClN2O4/c1-3-15(2)13(20)18(14(21)17-15)8-11(19)9-22-12-6-4-10(16)5-7-12/h4-7,11,19H,3,8-9H2,1-2H3,(H,17,21). The molecule has 0 aromatic heterocycles. The molecule has 120 valence electrons. The molecule has 2 rings (SSSR count). The highest BCUT2D eigenvalue weighted by molar-refractivity contribution is 6.30. The van der Waals surface area contributed by atoms with Crippen LogP contribution in [-0.4, -0.2) is 46.7 Å². The SMILES string of the molecule is CCC1(C)NC(=O)N(CC(O)COc2ccc(Cl)cc2)C1=O. The molecule has 0 spiro atoms. The second-order valence-corrected chi connectivity index (χ2v) is 5.89. The Labute approximate surface area is 134 Å². The van der Waals surface area contributed by atoms with Gasteiger partial charge in [0, 0.05) is 5.02 Å². The maximum atomic E-state index is 12.2. The number of ether oxygens (including phenoxy) is 1. The molecule has 0 radical (unpaired) electrons. The van der Waals surface area contributed by atoms with E-state index in [1.165, 1.54) is 0 Å². The van der Waals surface area contributed by atoms with Gasteiger partial charge in [0.15, 0.2) is 0 Å². The molecule has 1 aromatic rings. The van der Waals surface area contributed by atoms with E-state index in [0.29, 0.717) is 17.2 Å². The molecule has 1 heterocycles. The number of rotatable bonds is 6. The number of benzene rings is 1. The average molecular weight is 327 g/mol. The molecule has 1 aliphatic rings. The minimum absolute atomic E-state index is 0.0263. The number of imide groups is 1. The summed E-state index contributed by atoms with van der Waals surface area (Å²) in [5.41, 5.74) is -0.895. The summed E-state index contributed by atoms with van der Waals surface area (Å²) in [7, 11) is 0. The lowest BCUT2D eigenvalue weighted by Gasteiger charge is -2.21. The van der Waals surface area contributed by atoms with Crippen molar-refractivity contribution in [2.24, 2.45) is 0 Å². The van der Waals surface area contributed by atoms with Crippen LogP contribution < -0.4 is 10.1 Å². The van der Waals surface area contributed by atoms with E-state index < -0.39 is 17.7 Å². The van der Waals surface area contributed by atoms with E-state index in [-0.39, 0.29) is 19.1 Å². The minimum atomic E-state index is -0.968. The van der Waals surface area contributed by atoms with Crippen molar-refractivity contribution in [2.45, 2.75) is 31.9 Å². The van der Waals surface area contributed by atoms with Crippen LogP contribution in [0.4, 0.5) is 4.79 Å². The lowest BCUT2D eigenvalue weighted by Crippen LogP contribution is -2.44. The maximum Gasteiger partial charge on any atom is 0.325 e. The number of halogens is 1. The van der Waals surface area contributed by atoms with Gasteiger partial charge in [0.1, 0.15) is 24.0 Å². The first-order valence-corrected chi connectivity index (χ1v) is 7.44. The predicted octanol–water partition coefficient (Wildman–Crippen LogP) is 1.80. The normalized spacial score (nSPS) is 22.6. The zero-order valence-corrected chi connectivity index (χ0v) is 13.3. The number of carbonyl (C=O) groups is 2. The number of hydrogen-bond acceptors (Lipinski definition) is 4. The first kappa shape index (κ1) is 16.6. The number of nitrogens with one attached hydrogen (secondary N) is 1. The molecule has 2 N–H and O–H groups in total. The molecular formula is C15H19ClN2O4. The Kier molecular flexibility index (Phi) is 4.93. The van der Waals surface area contributed by atoms with Crippen LogP contribution in [0.25, 0.3) is 0 Å². The van der Waals surface area contributed by atoms with E-state index in [1.807, 2.05) is 6.92 Å². The molecule has 0 bridgehead atoms. The molecule has 6 nitrogen and oxygen atoms in total. The van der Waals surface area contributed by atoms with E-state index in [1.54, 1.807) is 31.2 Å². The van der Waals surface area contributed by atoms with Crippen molar-refractivity contribution in [3.05, 3.63) is 29.3 Å². The molecule has 3 amide bonds. The van der Waals surface area contributed by atoms with Gasteiger partial charge in [-0.3, -0.25) is 9.69 Å². The van der Waals surface area contributed by atoms with Crippen molar-refractivity contribution in [1.82, 2.24) is 10.2 Å². The molecule has 0 saturated carbocycles. The van der Waals surface area contributed by atoms with Crippen molar-refractivity contribution in [3.63, 3.8) is 0 Å². The van der Waals surface area contributed by atoms with E-state index in [4.69, 9.17) is 16.3 Å². The van der Waals surface area contributed by atoms with Crippen LogP contribution in [0.2, 0.25) is 5.02 Å². The largest absolute Gasteiger partial charge is 0.491 e. The number of β-amino-alcohol motifs (C(OH)–C–C–N with tert-alkyl or cyclic N) is 1. The Morgan fingerprint density at radius 1 is 1.36 bits per heavy atom. The van der Waals surface area contributed by atoms with Gasteiger partial charge in [-0.1, -0.05) is 18.5 Å². The van der Waals surface area contributed by atoms with Gasteiger partial charge in [-0.05, 0) is 37.6 Å². The zero-order chi connectivity index (χ0) is 16.3. The van der Waals surface area contributed by atoms with Crippen molar-refractivity contribution in [2.75, 3.05) is 13.2 Å². The van der Waals surface area contributed by atoms with Gasteiger partial charge in [-0.2, -0.15) is 0 Å². The van der Waals surface area contributed by atoms with E-state index in [0.717, 1.165) is 4.90 Å². The summed E-state index contributed by atoms with van der Waals surface area (Å²) in [5.74, 6) is 0.226. The van der Waals surface area contributed by atoms with Gasteiger partial charge in [-0.15, -0.1) is 0 Å². The van der Waals surface area contributed by atoms with Crippen LogP contribution in [0.1, 0.15) is 20.3 Å². The average Bonchev–Trinajstić information content (AvgIpc) is 2.71. The number of aliphatic hydroxyl groups excluding tert-OH is 1. The summed E-state index contributed by atoms with van der Waals surface area (Å²) in [6.07, 6.45) is -0.476. The molecule has 0 aliphatic carbocycles. The summed E-state index contributed by atoms with van der Waals surface area (Å²) in [6, 6.07) is 6.22. The third-order valence-electron chi connectivity index (χ3n) is 3.70. The van der Waals surface area contributed by atoms with Crippen molar-refractivity contribution >= 4 is 23.5 Å². The van der Waals surface area contributed by atoms with Gasteiger partial charge >= 0.3 is 6.03 Å². The number of nitrogens with zero attached hydrogens (tertiary/aromatic N) is 1. The third-order valence-corrected chi connectivity index (χ3v) is 3.95. The highest BCUT2D eigenvalue weighted by Crippen LogP contribution is 2.21. The second-order valence-electron chi connectivity index (χ2n) is 5.45. The third kappa shape index (κ3) is 3.51. The van der Waals surface area contributed by atoms with Gasteiger partial charge in [0.25, 0.3) is 5.91 Å². The van der Waals surface area contributed by atoms with E-state index in [2.05, 4.69) is 5.32 Å². The molecule has 1 fully saturated rings. The fourth-order valence-electron chi connectivity index (χ4n) is 2.14. The van der Waals surface area contributed by atoms with Gasteiger partial charge in [-0.25, -0.2) is 4.79 Å². The highest BCUT2D eigenvalue weighted by atomic mass is 35.5. The van der Waals surface area contributed by atoms with E-state index in [9.17, 15) is 14.7 Å². The summed E-state index contributed by atoms with van der Waals surface area (Å²) < 4.78 is 5.40. The Morgan fingerprint density at radius 3 is 2.55 bits per heavy atom. The van der Waals surface area contributed by atoms with Crippen molar-refractivity contribution in [1.29, 1.82) is 0 Å². The summed E-state index contributed by atoms with van der Waals surface area (Å²) in [6.45, 7) is 3.36. The Morgan fingerprint density at radius 2 is 2.00 bits per heavy atom. The van der Waals surface area contributed by atoms with Crippen molar-refractivity contribution < 1.29 is 19.4 Å². The summed E-state index contributed by atoms with van der Waals surface area (Å²) in [4.78, 5) is 25.1. The molecule has 2 atom stereocenters. The Balaban J connectivity index is 1.89. The molecular weight excluding hydrogens is 308 g/mol. The first-order valence-electron chi connectivity index (χ1n) is 7.06. The highest BCUT2D eigenvalue weighted by Gasteiger charge is 2.46. The maximum absolute atomic E-state index is 12.2. The molecule has 1 aromatic carbocycles. The van der Waals surface area contributed by atoms with E-state index >= 15 is 0 Å². The number of carbonyl (C=O) groups excluding carboxylic acids is 2. The Hall–Kier alpha value is -1.79. The zero-order valence-electron chi connectivity index (χ0n) is 12.5. The van der Waals surface area contributed by atoms with Gasteiger partial charge in [0.2, 0.25) is 0 Å². The molecule has 7 heteroatoms. The molecule has 1 aliphatic heterocycles. The molecule has 1 saturated heterocycles. The first-order chi connectivity index (χ1) is 10.4. The van der Waals surface area contributed by atoms with Gasteiger partial charge in [0.05, 0.1) is 6.54 Å². The predicted molar refractivity (Wildman–Crippen MR) is 81.9 cm³/mol. The lowest BCUT2D eigenvalue weighted by molar-refractivity contribution is -0.132. The van der Waals surface area contributed by atoms with Crippen LogP contribution >= 0.6 is 11.6 Å². The molecule has 22 heavy (non-hydrogen) atoms. The number of hydrogen-bond donors (Lipinski definition) is 2. The monoisotopic (exact) mass is 326 g/mol. The van der Waals surface area contributed by atoms with Gasteiger partial charge < -0.3 is 15.2 Å². The summed E-state index contributed by atoms with van der Waals surface area (Å²) >= 11 is 5.77. The Bertz CT molecular complexity index is 563. The smallest absolute Gasteiger partial charge is 0.325 e. The number of urea groups is 1. The fraction of sp³-hybridized carbons (Fsp3) is 0.467. The fourth-order valence-corrected chi connectivity index (χ4v) is 2.27. The number of amides is 3. The lowest BCUT2D eigenvalue weighted by atomic mass is 9.99. The minimum Gasteiger partial charge on any atom is -0.491 e. The molecule has 2 unspecified atom stereocenters. The summed E-state index contributed by atoms with van der Waals surface area (Å²) in [5, 5.41) is 13.2. The van der Waals surface area contributed by atoms with Crippen LogP contribution in [0.5, 0.6) is 5.75 Å². The van der Waals surface area contributed by atoms with Crippen LogP contribution in [-0.2, 0) is 4.79 Å². The van der Waals surface area contributed by atoms with Crippen LogP contribution in [0.15, 0.2) is 24.3 Å². The van der Waals surface area contributed by atoms with Crippen LogP contribution in [0, 0.1) is 0 Å². The topological polar surface area (TPSA) is 78.9 Å². The quantitative estimate of drug-likeness (QED) is 0.781.